The summed E-state index contributed by atoms with van der Waals surface area (Å²) in [5.74, 6) is 5.28. The Morgan fingerprint density at radius 2 is 1.67 bits per heavy atom. The highest BCUT2D eigenvalue weighted by molar-refractivity contribution is 5.14. The van der Waals surface area contributed by atoms with E-state index >= 15 is 0 Å². The lowest BCUT2D eigenvalue weighted by atomic mass is 9.95. The lowest BCUT2D eigenvalue weighted by Gasteiger charge is -2.18. The molecule has 0 heterocycles. The molecule has 0 atom stereocenters. The van der Waals surface area contributed by atoms with Gasteiger partial charge in [-0.2, -0.15) is 0 Å². The predicted molar refractivity (Wildman–Crippen MR) is 47.5 cm³/mol. The van der Waals surface area contributed by atoms with Crippen LogP contribution in [0.2, 0.25) is 0 Å². The smallest absolute Gasteiger partial charge is 0.125 e. The molecule has 1 aliphatic carbocycles. The molecule has 12 heavy (non-hydrogen) atoms. The summed E-state index contributed by atoms with van der Waals surface area (Å²) in [6.45, 7) is -0.150. The molecule has 0 spiro atoms. The molecule has 1 aliphatic rings. The highest BCUT2D eigenvalue weighted by Gasteiger charge is 2.24. The molecule has 0 amide bonds. The molecule has 1 rings (SSSR count). The minimum atomic E-state index is -0.806. The zero-order valence-corrected chi connectivity index (χ0v) is 7.34. The number of aliphatic hydroxyl groups is 2. The Bertz CT molecular complexity index is 180. The van der Waals surface area contributed by atoms with Crippen LogP contribution in [-0.4, -0.2) is 22.4 Å². The van der Waals surface area contributed by atoms with E-state index in [2.05, 4.69) is 11.8 Å². The molecule has 0 unspecified atom stereocenters. The standard InChI is InChI=1S/C10H16O2/c11-9-5-8-10(12)6-3-1-2-4-7-10/h11-12H,1-4,6-7,9H2. The zero-order chi connectivity index (χ0) is 8.86. The maximum Gasteiger partial charge on any atom is 0.125 e. The van der Waals surface area contributed by atoms with Crippen LogP contribution < -0.4 is 0 Å². The lowest BCUT2D eigenvalue weighted by Crippen LogP contribution is -2.25. The summed E-state index contributed by atoms with van der Waals surface area (Å²) in [7, 11) is 0. The molecule has 1 saturated carbocycles. The molecular formula is C10H16O2. The van der Waals surface area contributed by atoms with Crippen molar-refractivity contribution < 1.29 is 10.2 Å². The van der Waals surface area contributed by atoms with Gasteiger partial charge in [0.15, 0.2) is 0 Å². The van der Waals surface area contributed by atoms with E-state index in [0.29, 0.717) is 0 Å². The molecule has 0 aromatic carbocycles. The first-order chi connectivity index (χ1) is 5.77. The summed E-state index contributed by atoms with van der Waals surface area (Å²) in [6.07, 6.45) is 6.03. The van der Waals surface area contributed by atoms with Crippen molar-refractivity contribution in [1.29, 1.82) is 0 Å². The van der Waals surface area contributed by atoms with Crippen LogP contribution in [0.3, 0.4) is 0 Å². The van der Waals surface area contributed by atoms with E-state index in [9.17, 15) is 5.11 Å². The second-order valence-corrected chi connectivity index (χ2v) is 3.41. The zero-order valence-electron chi connectivity index (χ0n) is 7.34. The SMILES string of the molecule is OCC#CC1(O)CCCCCC1. The fourth-order valence-corrected chi connectivity index (χ4v) is 1.64. The average molecular weight is 168 g/mol. The third-order valence-corrected chi connectivity index (χ3v) is 2.33. The number of aliphatic hydroxyl groups excluding tert-OH is 1. The monoisotopic (exact) mass is 168 g/mol. The molecule has 0 aromatic heterocycles. The van der Waals surface area contributed by atoms with Crippen LogP contribution in [0.25, 0.3) is 0 Å². The fourth-order valence-electron chi connectivity index (χ4n) is 1.64. The molecular weight excluding hydrogens is 152 g/mol. The largest absolute Gasteiger partial charge is 0.384 e. The molecule has 1 fully saturated rings. The van der Waals surface area contributed by atoms with E-state index in [1.165, 1.54) is 12.8 Å². The van der Waals surface area contributed by atoms with Gasteiger partial charge in [-0.25, -0.2) is 0 Å². The van der Waals surface area contributed by atoms with Crippen molar-refractivity contribution in [2.24, 2.45) is 0 Å². The van der Waals surface area contributed by atoms with E-state index in [4.69, 9.17) is 5.11 Å². The van der Waals surface area contributed by atoms with E-state index in [1.54, 1.807) is 0 Å². The van der Waals surface area contributed by atoms with Gasteiger partial charge in [-0.1, -0.05) is 24.7 Å². The average Bonchev–Trinajstić information content (AvgIpc) is 2.27. The van der Waals surface area contributed by atoms with Gasteiger partial charge in [0.25, 0.3) is 0 Å². The van der Waals surface area contributed by atoms with Gasteiger partial charge in [0, 0.05) is 0 Å². The van der Waals surface area contributed by atoms with E-state index in [-0.39, 0.29) is 6.61 Å². The minimum absolute atomic E-state index is 0.150. The van der Waals surface area contributed by atoms with Gasteiger partial charge in [-0.3, -0.25) is 0 Å². The summed E-state index contributed by atoms with van der Waals surface area (Å²) in [5, 5.41) is 18.4. The number of hydrogen-bond donors (Lipinski definition) is 2. The van der Waals surface area contributed by atoms with Gasteiger partial charge in [0.1, 0.15) is 12.2 Å². The summed E-state index contributed by atoms with van der Waals surface area (Å²) in [6, 6.07) is 0. The van der Waals surface area contributed by atoms with Crippen molar-refractivity contribution in [1.82, 2.24) is 0 Å². The second-order valence-electron chi connectivity index (χ2n) is 3.41. The molecule has 2 N–H and O–H groups in total. The minimum Gasteiger partial charge on any atom is -0.384 e. The fraction of sp³-hybridized carbons (Fsp3) is 0.800. The summed E-state index contributed by atoms with van der Waals surface area (Å²) in [4.78, 5) is 0. The highest BCUT2D eigenvalue weighted by Crippen LogP contribution is 2.25. The van der Waals surface area contributed by atoms with Gasteiger partial charge >= 0.3 is 0 Å². The Morgan fingerprint density at radius 3 is 2.17 bits per heavy atom. The van der Waals surface area contributed by atoms with Crippen LogP contribution in [0.5, 0.6) is 0 Å². The Kier molecular flexibility index (Phi) is 3.58. The Balaban J connectivity index is 2.54. The maximum absolute atomic E-state index is 9.90. The van der Waals surface area contributed by atoms with Crippen LogP contribution in [0.15, 0.2) is 0 Å². The number of rotatable bonds is 0. The number of hydrogen-bond acceptors (Lipinski definition) is 2. The highest BCUT2D eigenvalue weighted by atomic mass is 16.3. The van der Waals surface area contributed by atoms with Crippen LogP contribution in [-0.2, 0) is 0 Å². The quantitative estimate of drug-likeness (QED) is 0.419. The second kappa shape index (κ2) is 4.49. The topological polar surface area (TPSA) is 40.5 Å². The Morgan fingerprint density at radius 1 is 1.08 bits per heavy atom. The summed E-state index contributed by atoms with van der Waals surface area (Å²) < 4.78 is 0. The van der Waals surface area contributed by atoms with E-state index in [1.807, 2.05) is 0 Å². The molecule has 0 bridgehead atoms. The van der Waals surface area contributed by atoms with Crippen molar-refractivity contribution in [3.63, 3.8) is 0 Å². The van der Waals surface area contributed by atoms with E-state index in [0.717, 1.165) is 25.7 Å². The third kappa shape index (κ3) is 2.84. The molecule has 68 valence electrons. The van der Waals surface area contributed by atoms with Crippen molar-refractivity contribution in [3.8, 4) is 11.8 Å². The van der Waals surface area contributed by atoms with Crippen molar-refractivity contribution >= 4 is 0 Å². The first-order valence-electron chi connectivity index (χ1n) is 4.60. The first kappa shape index (κ1) is 9.57. The van der Waals surface area contributed by atoms with Crippen LogP contribution in [0, 0.1) is 11.8 Å². The van der Waals surface area contributed by atoms with Crippen LogP contribution in [0.4, 0.5) is 0 Å². The molecule has 0 aliphatic heterocycles. The van der Waals surface area contributed by atoms with E-state index < -0.39 is 5.60 Å². The molecule has 2 nitrogen and oxygen atoms in total. The van der Waals surface area contributed by atoms with Gasteiger partial charge in [-0.15, -0.1) is 0 Å². The first-order valence-corrected chi connectivity index (χ1v) is 4.60. The van der Waals surface area contributed by atoms with Crippen molar-refractivity contribution in [2.45, 2.75) is 44.1 Å². The van der Waals surface area contributed by atoms with Gasteiger partial charge < -0.3 is 10.2 Å². The molecule has 0 aromatic rings. The third-order valence-electron chi connectivity index (χ3n) is 2.33. The Hall–Kier alpha value is -0.520. The van der Waals surface area contributed by atoms with Crippen LogP contribution >= 0.6 is 0 Å². The van der Waals surface area contributed by atoms with Crippen molar-refractivity contribution in [2.75, 3.05) is 6.61 Å². The Labute approximate surface area is 73.6 Å². The summed E-state index contributed by atoms with van der Waals surface area (Å²) in [5.41, 5.74) is -0.806. The van der Waals surface area contributed by atoms with Gasteiger partial charge in [0.05, 0.1) is 0 Å². The van der Waals surface area contributed by atoms with Gasteiger partial charge in [0.2, 0.25) is 0 Å². The van der Waals surface area contributed by atoms with Crippen molar-refractivity contribution in [3.05, 3.63) is 0 Å². The maximum atomic E-state index is 9.90. The lowest BCUT2D eigenvalue weighted by molar-refractivity contribution is 0.0846. The van der Waals surface area contributed by atoms with Crippen LogP contribution in [0.1, 0.15) is 38.5 Å². The summed E-state index contributed by atoms with van der Waals surface area (Å²) >= 11 is 0. The normalized spacial score (nSPS) is 22.2. The molecule has 2 heteroatoms. The molecule has 0 radical (unpaired) electrons. The predicted octanol–water partition coefficient (Wildman–Crippen LogP) is 1.07. The van der Waals surface area contributed by atoms with Gasteiger partial charge in [-0.05, 0) is 25.7 Å². The molecule has 0 saturated heterocycles.